The van der Waals surface area contributed by atoms with E-state index < -0.39 is 5.92 Å². The van der Waals surface area contributed by atoms with Gasteiger partial charge in [-0.1, -0.05) is 59.8 Å². The maximum absolute atomic E-state index is 14.4. The van der Waals surface area contributed by atoms with E-state index in [1.807, 2.05) is 48.5 Å². The Hall–Kier alpha value is -4.52. The maximum atomic E-state index is 14.4. The molecule has 0 radical (unpaired) electrons. The van der Waals surface area contributed by atoms with Gasteiger partial charge < -0.3 is 15.0 Å². The number of nitrogens with two attached hydrogens (primary N) is 1. The van der Waals surface area contributed by atoms with Gasteiger partial charge in [0.25, 0.3) is 5.89 Å². The van der Waals surface area contributed by atoms with Crippen LogP contribution in [0.3, 0.4) is 0 Å². The van der Waals surface area contributed by atoms with E-state index in [1.165, 1.54) is 24.3 Å². The number of halogens is 2. The number of benzene rings is 3. The van der Waals surface area contributed by atoms with Crippen LogP contribution in [-0.2, 0) is 4.74 Å². The van der Waals surface area contributed by atoms with Crippen LogP contribution in [0.25, 0.3) is 23.0 Å². The lowest BCUT2D eigenvalue weighted by molar-refractivity contribution is 0.282. The van der Waals surface area contributed by atoms with Gasteiger partial charge in [0.2, 0.25) is 11.7 Å². The second kappa shape index (κ2) is 9.50. The van der Waals surface area contributed by atoms with Gasteiger partial charge in [0.15, 0.2) is 0 Å². The molecule has 0 amide bonds. The first-order valence-electron chi connectivity index (χ1n) is 12.1. The van der Waals surface area contributed by atoms with Gasteiger partial charge in [-0.3, -0.25) is 0 Å². The second-order valence-corrected chi connectivity index (χ2v) is 9.09. The van der Waals surface area contributed by atoms with Gasteiger partial charge in [-0.05, 0) is 71.9 Å². The molecule has 5 nitrogen and oxygen atoms in total. The molecule has 0 spiro atoms. The quantitative estimate of drug-likeness (QED) is 0.331. The summed E-state index contributed by atoms with van der Waals surface area (Å²) in [5, 5.41) is 4.16. The Morgan fingerprint density at radius 2 is 1.68 bits per heavy atom. The van der Waals surface area contributed by atoms with E-state index in [0.29, 0.717) is 29.1 Å². The number of ether oxygens (including phenoxy) is 1. The zero-order valence-electron chi connectivity index (χ0n) is 19.8. The summed E-state index contributed by atoms with van der Waals surface area (Å²) in [4.78, 5) is 4.62. The Bertz CT molecular complexity index is 1570. The van der Waals surface area contributed by atoms with Gasteiger partial charge in [0.1, 0.15) is 17.4 Å². The Labute approximate surface area is 212 Å². The second-order valence-electron chi connectivity index (χ2n) is 9.09. The molecule has 0 saturated carbocycles. The fourth-order valence-electron chi connectivity index (χ4n) is 5.05. The summed E-state index contributed by atoms with van der Waals surface area (Å²) in [6.07, 6.45) is 4.22. The van der Waals surface area contributed by atoms with E-state index in [9.17, 15) is 8.78 Å². The smallest absolute Gasteiger partial charge is 0.260 e. The molecule has 0 saturated heterocycles. The summed E-state index contributed by atoms with van der Waals surface area (Å²) >= 11 is 0. The first kappa shape index (κ1) is 22.9. The van der Waals surface area contributed by atoms with Gasteiger partial charge in [0.05, 0.1) is 5.57 Å². The third-order valence-electron chi connectivity index (χ3n) is 6.65. The van der Waals surface area contributed by atoms with Crippen LogP contribution < -0.4 is 5.73 Å². The molecule has 184 valence electrons. The fraction of sp³-hybridized carbons (Fsp3) is 0.133. The van der Waals surface area contributed by atoms with Crippen LogP contribution in [0.4, 0.5) is 8.78 Å². The average molecular weight is 496 g/mol. The molecule has 1 aliphatic heterocycles. The lowest BCUT2D eigenvalue weighted by Crippen LogP contribution is -2.24. The third-order valence-corrected chi connectivity index (χ3v) is 6.65. The minimum Gasteiger partial charge on any atom is -0.441 e. The van der Waals surface area contributed by atoms with Gasteiger partial charge in [-0.15, -0.1) is 0 Å². The predicted octanol–water partition coefficient (Wildman–Crippen LogP) is 6.98. The number of hydrogen-bond donors (Lipinski definition) is 1. The van der Waals surface area contributed by atoms with Crippen LogP contribution in [0, 0.1) is 11.6 Å². The normalized spacial score (nSPS) is 18.6. The first-order chi connectivity index (χ1) is 18.1. The van der Waals surface area contributed by atoms with E-state index >= 15 is 0 Å². The predicted molar refractivity (Wildman–Crippen MR) is 136 cm³/mol. The van der Waals surface area contributed by atoms with Crippen LogP contribution in [-0.4, -0.2) is 10.1 Å². The summed E-state index contributed by atoms with van der Waals surface area (Å²) in [5.41, 5.74) is 11.1. The fourth-order valence-corrected chi connectivity index (χ4v) is 5.05. The van der Waals surface area contributed by atoms with Crippen molar-refractivity contribution in [3.8, 4) is 11.4 Å². The zero-order valence-corrected chi connectivity index (χ0v) is 19.8. The molecule has 6 rings (SSSR count). The van der Waals surface area contributed by atoms with Crippen molar-refractivity contribution in [2.24, 2.45) is 5.73 Å². The number of allylic oxidation sites excluding steroid dienone is 3. The van der Waals surface area contributed by atoms with Gasteiger partial charge in [0, 0.05) is 11.5 Å². The summed E-state index contributed by atoms with van der Waals surface area (Å²) in [6.45, 7) is 0. The molecule has 4 aromatic rings. The van der Waals surface area contributed by atoms with Crippen LogP contribution in [0.2, 0.25) is 0 Å². The largest absolute Gasteiger partial charge is 0.441 e. The molecule has 1 aromatic heterocycles. The van der Waals surface area contributed by atoms with E-state index in [0.717, 1.165) is 35.1 Å². The number of rotatable bonds is 4. The number of aromatic nitrogens is 2. The van der Waals surface area contributed by atoms with Crippen molar-refractivity contribution in [1.82, 2.24) is 10.1 Å². The van der Waals surface area contributed by atoms with Crippen LogP contribution in [0.5, 0.6) is 0 Å². The highest BCUT2D eigenvalue weighted by molar-refractivity contribution is 5.76. The van der Waals surface area contributed by atoms with Crippen molar-refractivity contribution >= 4 is 11.6 Å². The molecule has 2 aliphatic rings. The minimum atomic E-state index is -0.445. The lowest BCUT2D eigenvalue weighted by Gasteiger charge is -2.34. The van der Waals surface area contributed by atoms with Crippen molar-refractivity contribution in [2.45, 2.75) is 25.2 Å². The van der Waals surface area contributed by atoms with Gasteiger partial charge in [-0.25, -0.2) is 8.78 Å². The van der Waals surface area contributed by atoms with Crippen LogP contribution in [0.15, 0.2) is 106 Å². The summed E-state index contributed by atoms with van der Waals surface area (Å²) in [5.74, 6) is 0.277. The van der Waals surface area contributed by atoms with Crippen molar-refractivity contribution < 1.29 is 18.0 Å². The standard InChI is InChI=1S/C30H23F2N3O2/c31-22-12-4-7-18(16-22)15-21-11-6-14-24-25(20-10-5-13-23(32)17-20)26(28(33)36-27(21)24)30-34-29(35-37-30)19-8-2-1-3-9-19/h1-5,7-10,12-13,15-17,25H,6,11,14,33H2/b21-15+. The van der Waals surface area contributed by atoms with Crippen molar-refractivity contribution in [2.75, 3.05) is 0 Å². The van der Waals surface area contributed by atoms with Crippen molar-refractivity contribution in [1.29, 1.82) is 0 Å². The molecule has 2 N–H and O–H groups in total. The molecule has 1 unspecified atom stereocenters. The molecule has 0 fully saturated rings. The summed E-state index contributed by atoms with van der Waals surface area (Å²) in [6, 6.07) is 22.3. The van der Waals surface area contributed by atoms with Crippen LogP contribution >= 0.6 is 0 Å². The van der Waals surface area contributed by atoms with Gasteiger partial charge >= 0.3 is 0 Å². The van der Waals surface area contributed by atoms with E-state index in [1.54, 1.807) is 12.1 Å². The molecule has 7 heteroatoms. The maximum Gasteiger partial charge on any atom is 0.260 e. The first-order valence-corrected chi connectivity index (χ1v) is 12.1. The highest BCUT2D eigenvalue weighted by atomic mass is 19.1. The Kier molecular flexibility index (Phi) is 5.88. The Morgan fingerprint density at radius 1 is 0.892 bits per heavy atom. The van der Waals surface area contributed by atoms with E-state index in [4.69, 9.17) is 15.0 Å². The highest BCUT2D eigenvalue weighted by Crippen LogP contribution is 2.50. The van der Waals surface area contributed by atoms with E-state index in [2.05, 4.69) is 10.1 Å². The minimum absolute atomic E-state index is 0.114. The molecule has 0 bridgehead atoms. The number of nitrogens with zero attached hydrogens (tertiary/aromatic N) is 2. The van der Waals surface area contributed by atoms with Crippen molar-refractivity contribution in [3.63, 3.8) is 0 Å². The molecule has 1 aliphatic carbocycles. The van der Waals surface area contributed by atoms with Crippen LogP contribution in [0.1, 0.15) is 42.2 Å². The molecular weight excluding hydrogens is 472 g/mol. The SMILES string of the molecule is NC1=C(c2nc(-c3ccccc3)no2)C(c2cccc(F)c2)C2=C(O1)/C(=C/c1cccc(F)c1)CCC2. The molecular formula is C30H23F2N3O2. The summed E-state index contributed by atoms with van der Waals surface area (Å²) < 4.78 is 40.1. The molecule has 2 heterocycles. The van der Waals surface area contributed by atoms with Crippen molar-refractivity contribution in [3.05, 3.63) is 130 Å². The monoisotopic (exact) mass is 495 g/mol. The summed E-state index contributed by atoms with van der Waals surface area (Å²) in [7, 11) is 0. The van der Waals surface area contributed by atoms with E-state index in [-0.39, 0.29) is 23.4 Å². The van der Waals surface area contributed by atoms with Gasteiger partial charge in [-0.2, -0.15) is 4.98 Å². The Morgan fingerprint density at radius 3 is 2.46 bits per heavy atom. The molecule has 37 heavy (non-hydrogen) atoms. The third kappa shape index (κ3) is 4.44. The molecule has 1 atom stereocenters. The molecule has 3 aromatic carbocycles. The topological polar surface area (TPSA) is 74.2 Å². The lowest BCUT2D eigenvalue weighted by atomic mass is 9.76. The average Bonchev–Trinajstić information content (AvgIpc) is 3.39. The Balaban J connectivity index is 1.48. The zero-order chi connectivity index (χ0) is 25.4. The highest BCUT2D eigenvalue weighted by Gasteiger charge is 2.38. The number of hydrogen-bond acceptors (Lipinski definition) is 5.